The minimum atomic E-state index is -1.94. The summed E-state index contributed by atoms with van der Waals surface area (Å²) in [6.45, 7) is 12.9. The molecule has 0 saturated heterocycles. The SMILES string of the molecule is CC(C)(C)[Si](C)(C)OC[C@@H](NC(=O)N1CC=C(c2c[nH]c3ncccc23)CC1)c1ccccc1. The van der Waals surface area contributed by atoms with Crippen molar-refractivity contribution in [2.24, 2.45) is 0 Å². The van der Waals surface area contributed by atoms with Gasteiger partial charge in [-0.1, -0.05) is 57.2 Å². The summed E-state index contributed by atoms with van der Waals surface area (Å²) >= 11 is 0. The van der Waals surface area contributed by atoms with E-state index in [0.717, 1.165) is 23.0 Å². The van der Waals surface area contributed by atoms with Crippen molar-refractivity contribution in [1.29, 1.82) is 0 Å². The largest absolute Gasteiger partial charge is 0.414 e. The lowest BCUT2D eigenvalue weighted by molar-refractivity contribution is 0.187. The molecular formula is C27H36N4O2Si. The summed E-state index contributed by atoms with van der Waals surface area (Å²) in [5.74, 6) is 0. The van der Waals surface area contributed by atoms with E-state index in [0.29, 0.717) is 19.7 Å². The molecule has 1 aliphatic rings. The van der Waals surface area contributed by atoms with Crippen molar-refractivity contribution in [1.82, 2.24) is 20.2 Å². The van der Waals surface area contributed by atoms with Crippen LogP contribution in [0.15, 0.2) is 60.9 Å². The molecule has 1 atom stereocenters. The third-order valence-corrected chi connectivity index (χ3v) is 11.7. The Hall–Kier alpha value is -2.90. The Balaban J connectivity index is 1.44. The molecular weight excluding hydrogens is 440 g/mol. The quantitative estimate of drug-likeness (QED) is 0.421. The molecule has 1 aromatic carbocycles. The molecule has 0 unspecified atom stereocenters. The minimum absolute atomic E-state index is 0.0522. The molecule has 6 nitrogen and oxygen atoms in total. The first kappa shape index (κ1) is 24.2. The third kappa shape index (κ3) is 5.26. The highest BCUT2D eigenvalue weighted by atomic mass is 28.4. The Morgan fingerprint density at radius 3 is 2.65 bits per heavy atom. The zero-order valence-corrected chi connectivity index (χ0v) is 21.9. The van der Waals surface area contributed by atoms with Crippen LogP contribution in [-0.2, 0) is 4.43 Å². The number of fused-ring (bicyclic) bond motifs is 1. The van der Waals surface area contributed by atoms with Crippen LogP contribution in [0, 0.1) is 0 Å². The smallest absolute Gasteiger partial charge is 0.318 e. The van der Waals surface area contributed by atoms with Crippen LogP contribution in [0.5, 0.6) is 0 Å². The first-order valence-corrected chi connectivity index (χ1v) is 14.9. The third-order valence-electron chi connectivity index (χ3n) is 7.21. The lowest BCUT2D eigenvalue weighted by Gasteiger charge is -2.37. The van der Waals surface area contributed by atoms with Gasteiger partial charge in [-0.3, -0.25) is 0 Å². The van der Waals surface area contributed by atoms with Gasteiger partial charge in [-0.2, -0.15) is 0 Å². The van der Waals surface area contributed by atoms with Crippen molar-refractivity contribution in [2.75, 3.05) is 19.7 Å². The maximum atomic E-state index is 13.2. The van der Waals surface area contributed by atoms with Gasteiger partial charge < -0.3 is 19.6 Å². The van der Waals surface area contributed by atoms with E-state index in [1.54, 1.807) is 6.20 Å². The average molecular weight is 477 g/mol. The number of carbonyl (C=O) groups is 1. The molecule has 0 radical (unpaired) electrons. The molecule has 0 fully saturated rings. The summed E-state index contributed by atoms with van der Waals surface area (Å²) in [6.07, 6.45) is 6.78. The van der Waals surface area contributed by atoms with Gasteiger partial charge in [-0.05, 0) is 47.8 Å². The number of H-pyrrole nitrogens is 1. The van der Waals surface area contributed by atoms with E-state index in [9.17, 15) is 4.79 Å². The van der Waals surface area contributed by atoms with Crippen molar-refractivity contribution in [2.45, 2.75) is 51.4 Å². The van der Waals surface area contributed by atoms with Crippen molar-refractivity contribution in [3.05, 3.63) is 72.1 Å². The van der Waals surface area contributed by atoms with Crippen molar-refractivity contribution < 1.29 is 9.22 Å². The van der Waals surface area contributed by atoms with Crippen LogP contribution >= 0.6 is 0 Å². The van der Waals surface area contributed by atoms with Gasteiger partial charge >= 0.3 is 6.03 Å². The summed E-state index contributed by atoms with van der Waals surface area (Å²) in [6, 6.07) is 13.9. The maximum Gasteiger partial charge on any atom is 0.318 e. The van der Waals surface area contributed by atoms with E-state index in [4.69, 9.17) is 4.43 Å². The summed E-state index contributed by atoms with van der Waals surface area (Å²) in [7, 11) is -1.94. The first-order chi connectivity index (χ1) is 16.2. The fourth-order valence-electron chi connectivity index (χ4n) is 3.97. The van der Waals surface area contributed by atoms with Crippen LogP contribution in [0.4, 0.5) is 4.79 Å². The molecule has 2 amide bonds. The molecule has 0 spiro atoms. The molecule has 0 saturated carbocycles. The van der Waals surface area contributed by atoms with Crippen molar-refractivity contribution >= 4 is 31.0 Å². The number of urea groups is 1. The summed E-state index contributed by atoms with van der Waals surface area (Å²) in [4.78, 5) is 22.7. The van der Waals surface area contributed by atoms with Gasteiger partial charge in [0.25, 0.3) is 0 Å². The van der Waals surface area contributed by atoms with E-state index in [1.165, 1.54) is 11.1 Å². The Bertz CT molecular complexity index is 1160. The zero-order chi connectivity index (χ0) is 24.3. The lowest BCUT2D eigenvalue weighted by Crippen LogP contribution is -2.47. The molecule has 34 heavy (non-hydrogen) atoms. The fourth-order valence-corrected chi connectivity index (χ4v) is 4.99. The van der Waals surface area contributed by atoms with Crippen molar-refractivity contribution in [3.8, 4) is 0 Å². The molecule has 3 aromatic rings. The lowest BCUT2D eigenvalue weighted by atomic mass is 10.00. The number of nitrogens with zero attached hydrogens (tertiary/aromatic N) is 2. The number of hydrogen-bond acceptors (Lipinski definition) is 3. The van der Waals surface area contributed by atoms with Gasteiger partial charge in [0.2, 0.25) is 0 Å². The summed E-state index contributed by atoms with van der Waals surface area (Å²) in [5, 5.41) is 4.48. The fraction of sp³-hybridized carbons (Fsp3) is 0.407. The number of benzene rings is 1. The van der Waals surface area contributed by atoms with E-state index in [2.05, 4.69) is 73.4 Å². The molecule has 0 bridgehead atoms. The highest BCUT2D eigenvalue weighted by Gasteiger charge is 2.38. The van der Waals surface area contributed by atoms with Crippen LogP contribution in [0.1, 0.15) is 44.4 Å². The zero-order valence-electron chi connectivity index (χ0n) is 20.9. The van der Waals surface area contributed by atoms with Gasteiger partial charge in [-0.15, -0.1) is 0 Å². The molecule has 4 rings (SSSR count). The second kappa shape index (κ2) is 9.76. The molecule has 0 aliphatic carbocycles. The van der Waals surface area contributed by atoms with E-state index < -0.39 is 8.32 Å². The highest BCUT2D eigenvalue weighted by Crippen LogP contribution is 2.37. The minimum Gasteiger partial charge on any atom is -0.414 e. The van der Waals surface area contributed by atoms with Crippen LogP contribution in [0.2, 0.25) is 18.1 Å². The molecule has 2 N–H and O–H groups in total. The Labute approximate surface area is 203 Å². The Morgan fingerprint density at radius 2 is 1.97 bits per heavy atom. The van der Waals surface area contributed by atoms with Gasteiger partial charge in [-0.25, -0.2) is 9.78 Å². The predicted molar refractivity (Wildman–Crippen MR) is 141 cm³/mol. The van der Waals surface area contributed by atoms with Crippen LogP contribution in [0.25, 0.3) is 16.6 Å². The van der Waals surface area contributed by atoms with Crippen molar-refractivity contribution in [3.63, 3.8) is 0 Å². The number of aromatic nitrogens is 2. The highest BCUT2D eigenvalue weighted by molar-refractivity contribution is 6.74. The van der Waals surface area contributed by atoms with Gasteiger partial charge in [0, 0.05) is 36.4 Å². The Kier molecular flexibility index (Phi) is 6.95. The van der Waals surface area contributed by atoms with Crippen LogP contribution in [0.3, 0.4) is 0 Å². The second-order valence-electron chi connectivity index (χ2n) is 10.5. The summed E-state index contributed by atoms with van der Waals surface area (Å²) < 4.78 is 6.49. The number of aromatic amines is 1. The van der Waals surface area contributed by atoms with Crippen LogP contribution < -0.4 is 5.32 Å². The van der Waals surface area contributed by atoms with E-state index in [-0.39, 0.29) is 17.1 Å². The maximum absolute atomic E-state index is 13.2. The number of rotatable bonds is 6. The van der Waals surface area contributed by atoms with E-state index >= 15 is 0 Å². The molecule has 1 aliphatic heterocycles. The molecule has 2 aromatic heterocycles. The first-order valence-electron chi connectivity index (χ1n) is 12.0. The number of pyridine rings is 1. The Morgan fingerprint density at radius 1 is 1.21 bits per heavy atom. The molecule has 3 heterocycles. The van der Waals surface area contributed by atoms with Crippen LogP contribution in [-0.4, -0.2) is 48.9 Å². The molecule has 7 heteroatoms. The van der Waals surface area contributed by atoms with Gasteiger partial charge in [0.05, 0.1) is 12.6 Å². The predicted octanol–water partition coefficient (Wildman–Crippen LogP) is 6.12. The summed E-state index contributed by atoms with van der Waals surface area (Å²) in [5.41, 5.74) is 4.39. The van der Waals surface area contributed by atoms with Gasteiger partial charge in [0.1, 0.15) is 5.65 Å². The average Bonchev–Trinajstić information content (AvgIpc) is 3.26. The van der Waals surface area contributed by atoms with E-state index in [1.807, 2.05) is 35.4 Å². The molecule has 180 valence electrons. The number of hydrogen-bond donors (Lipinski definition) is 2. The normalized spacial score (nSPS) is 15.8. The van der Waals surface area contributed by atoms with Gasteiger partial charge in [0.15, 0.2) is 8.32 Å². The second-order valence-corrected chi connectivity index (χ2v) is 15.3. The topological polar surface area (TPSA) is 70.2 Å². The monoisotopic (exact) mass is 476 g/mol. The standard InChI is InChI=1S/C27H36N4O2Si/c1-27(2,3)34(4,5)33-19-24(21-10-7-6-8-11-21)30-26(32)31-16-13-20(14-17-31)23-18-29-25-22(23)12-9-15-28-25/h6-13,15,18,24H,14,16-17,19H2,1-5H3,(H,28,29)(H,30,32)/t24-/m1/s1. The number of carbonyl (C=O) groups excluding carboxylic acids is 1. The number of amides is 2. The number of nitrogens with one attached hydrogen (secondary N) is 2.